The predicted octanol–water partition coefficient (Wildman–Crippen LogP) is 5.06. The lowest BCUT2D eigenvalue weighted by molar-refractivity contribution is -0.138. The monoisotopic (exact) mass is 497 g/mol. The molecule has 1 saturated carbocycles. The Bertz CT molecular complexity index is 1020. The molecule has 6 heteroatoms. The Hall–Kier alpha value is -2.44. The smallest absolute Gasteiger partial charge is 0.263 e. The van der Waals surface area contributed by atoms with Crippen molar-refractivity contribution in [3.8, 4) is 0 Å². The van der Waals surface area contributed by atoms with E-state index in [1.807, 2.05) is 26.0 Å². The molecule has 0 bridgehead atoms. The van der Waals surface area contributed by atoms with E-state index < -0.39 is 35.1 Å². The highest BCUT2D eigenvalue weighted by Crippen LogP contribution is 2.54. The number of ketones is 1. The lowest BCUT2D eigenvalue weighted by Crippen LogP contribution is -2.53. The Morgan fingerprint density at radius 1 is 1.31 bits per heavy atom. The fourth-order valence-electron chi connectivity index (χ4n) is 6.51. The number of aliphatic hydroxyl groups is 3. The summed E-state index contributed by atoms with van der Waals surface area (Å²) < 4.78 is 0. The largest absolute Gasteiger partial charge is 0.505 e. The molecule has 1 heterocycles. The molecule has 198 valence electrons. The van der Waals surface area contributed by atoms with E-state index in [1.165, 1.54) is 11.1 Å². The Morgan fingerprint density at radius 2 is 2.00 bits per heavy atom. The van der Waals surface area contributed by atoms with Gasteiger partial charge in [0.25, 0.3) is 5.91 Å². The molecule has 1 fully saturated rings. The first-order chi connectivity index (χ1) is 16.9. The molecule has 0 aromatic carbocycles. The summed E-state index contributed by atoms with van der Waals surface area (Å²) in [5, 5.41) is 35.1. The molecular weight excluding hydrogens is 454 g/mol. The number of amides is 1. The molecule has 1 amide bonds. The maximum Gasteiger partial charge on any atom is 0.263 e. The number of fused-ring (bicyclic) bond motifs is 1. The van der Waals surface area contributed by atoms with Crippen LogP contribution in [0.15, 0.2) is 59.1 Å². The van der Waals surface area contributed by atoms with Gasteiger partial charge in [0.1, 0.15) is 5.57 Å². The van der Waals surface area contributed by atoms with Gasteiger partial charge in [0.2, 0.25) is 0 Å². The summed E-state index contributed by atoms with van der Waals surface area (Å²) in [4.78, 5) is 26.7. The van der Waals surface area contributed by atoms with Crippen molar-refractivity contribution in [3.05, 3.63) is 59.1 Å². The maximum absolute atomic E-state index is 14.1. The van der Waals surface area contributed by atoms with Gasteiger partial charge in [0.05, 0.1) is 17.9 Å². The van der Waals surface area contributed by atoms with Crippen LogP contribution in [0.1, 0.15) is 73.1 Å². The molecule has 2 aliphatic carbocycles. The third kappa shape index (κ3) is 5.30. The van der Waals surface area contributed by atoms with E-state index in [1.54, 1.807) is 0 Å². The zero-order chi connectivity index (χ0) is 26.8. The van der Waals surface area contributed by atoms with Crippen molar-refractivity contribution in [3.63, 3.8) is 0 Å². The van der Waals surface area contributed by atoms with E-state index in [4.69, 9.17) is 0 Å². The van der Waals surface area contributed by atoms with Crippen molar-refractivity contribution in [2.75, 3.05) is 0 Å². The van der Waals surface area contributed by atoms with E-state index in [0.29, 0.717) is 12.8 Å². The van der Waals surface area contributed by atoms with E-state index in [2.05, 4.69) is 44.8 Å². The zero-order valence-corrected chi connectivity index (χ0v) is 22.4. The molecule has 0 unspecified atom stereocenters. The Balaban J connectivity index is 1.96. The third-order valence-corrected chi connectivity index (χ3v) is 8.84. The Morgan fingerprint density at radius 3 is 2.58 bits per heavy atom. The predicted molar refractivity (Wildman–Crippen MR) is 142 cm³/mol. The summed E-state index contributed by atoms with van der Waals surface area (Å²) in [5.41, 5.74) is 1.08. The highest BCUT2D eigenvalue weighted by Gasteiger charge is 2.56. The highest BCUT2D eigenvalue weighted by molar-refractivity contribution is 6.24. The summed E-state index contributed by atoms with van der Waals surface area (Å²) in [6.45, 7) is 13.7. The normalized spacial score (nSPS) is 32.9. The second-order valence-corrected chi connectivity index (χ2v) is 11.1. The van der Waals surface area contributed by atoms with Gasteiger partial charge in [0, 0.05) is 11.3 Å². The number of hydrogen-bond donors (Lipinski definition) is 4. The number of nitrogens with one attached hydrogen (secondary N) is 1. The molecule has 3 aliphatic rings. The minimum atomic E-state index is -1.06. The van der Waals surface area contributed by atoms with Crippen molar-refractivity contribution in [1.82, 2.24) is 5.32 Å². The molecular formula is C30H43NO5. The van der Waals surface area contributed by atoms with Crippen molar-refractivity contribution in [2.24, 2.45) is 29.1 Å². The minimum absolute atomic E-state index is 0.0236. The van der Waals surface area contributed by atoms with Crippen LogP contribution in [0.4, 0.5) is 0 Å². The van der Waals surface area contributed by atoms with Gasteiger partial charge in [-0.15, -0.1) is 0 Å². The van der Waals surface area contributed by atoms with Crippen molar-refractivity contribution in [1.29, 1.82) is 0 Å². The van der Waals surface area contributed by atoms with Crippen LogP contribution in [-0.4, -0.2) is 39.2 Å². The van der Waals surface area contributed by atoms with Crippen LogP contribution in [-0.2, 0) is 9.59 Å². The third-order valence-electron chi connectivity index (χ3n) is 8.84. The number of hydrogen-bond acceptors (Lipinski definition) is 5. The van der Waals surface area contributed by atoms with Gasteiger partial charge in [-0.2, -0.15) is 0 Å². The number of Topliss-reactive ketones (excluding diaryl/α,β-unsaturated/α-hetero) is 1. The fraction of sp³-hybridized carbons (Fsp3) is 0.600. The van der Waals surface area contributed by atoms with Crippen LogP contribution in [0.5, 0.6) is 0 Å². The molecule has 4 N–H and O–H groups in total. The number of carbonyl (C=O) groups excluding carboxylic acids is 2. The molecule has 0 aromatic rings. The molecule has 0 radical (unpaired) electrons. The standard InChI is InChI=1S/C30H43NO5/c1-7-17(3)14-18(4)15-20(8-2)25(33)16-21-12-13-22-23(10-9-11-24(22)32)30(21,6)28(35)26-27(34)19(5)31-29(26)36/h7,12-14,20-25,32-34H,5,8-11,15-16H2,1-4,6H3,(H,31,36)/b17-7+,18-14+/t20-,21+,22+,23-,24+,25-,30-/m1/s1. The van der Waals surface area contributed by atoms with Crippen molar-refractivity contribution in [2.45, 2.75) is 85.4 Å². The zero-order valence-electron chi connectivity index (χ0n) is 22.4. The van der Waals surface area contributed by atoms with Crippen LogP contribution in [0.3, 0.4) is 0 Å². The first-order valence-corrected chi connectivity index (χ1v) is 13.3. The van der Waals surface area contributed by atoms with Gasteiger partial charge in [-0.05, 0) is 64.2 Å². The molecule has 36 heavy (non-hydrogen) atoms. The van der Waals surface area contributed by atoms with E-state index in [-0.39, 0.29) is 34.9 Å². The molecule has 7 atom stereocenters. The number of rotatable bonds is 9. The lowest BCUT2D eigenvalue weighted by atomic mass is 9.52. The summed E-state index contributed by atoms with van der Waals surface area (Å²) in [6.07, 6.45) is 11.0. The summed E-state index contributed by atoms with van der Waals surface area (Å²) >= 11 is 0. The Labute approximate surface area is 215 Å². The van der Waals surface area contributed by atoms with E-state index >= 15 is 0 Å². The topological polar surface area (TPSA) is 107 Å². The maximum atomic E-state index is 14.1. The molecule has 1 aliphatic heterocycles. The number of carbonyl (C=O) groups is 2. The average Bonchev–Trinajstić information content (AvgIpc) is 3.09. The average molecular weight is 498 g/mol. The number of aliphatic hydroxyl groups excluding tert-OH is 3. The second-order valence-electron chi connectivity index (χ2n) is 11.1. The first kappa shape index (κ1) is 28.1. The van der Waals surface area contributed by atoms with Gasteiger partial charge < -0.3 is 20.6 Å². The molecule has 0 saturated heterocycles. The van der Waals surface area contributed by atoms with E-state index in [9.17, 15) is 24.9 Å². The summed E-state index contributed by atoms with van der Waals surface area (Å²) in [5.74, 6) is -2.20. The van der Waals surface area contributed by atoms with Crippen LogP contribution >= 0.6 is 0 Å². The van der Waals surface area contributed by atoms with Crippen LogP contribution in [0, 0.1) is 29.1 Å². The summed E-state index contributed by atoms with van der Waals surface area (Å²) in [7, 11) is 0. The van der Waals surface area contributed by atoms with Crippen molar-refractivity contribution >= 4 is 11.7 Å². The van der Waals surface area contributed by atoms with Crippen LogP contribution < -0.4 is 5.32 Å². The SMILES string of the molecule is C=C1NC(=O)C(C(=O)[C@@]2(C)[C@@H]3CCC[C@H](O)[C@H]3C=C[C@H]2C[C@@H](O)[C@H](CC)C/C(C)=C/C(C)=C/C)=C1O. The van der Waals surface area contributed by atoms with Gasteiger partial charge in [-0.3, -0.25) is 9.59 Å². The molecule has 6 nitrogen and oxygen atoms in total. The van der Waals surface area contributed by atoms with Gasteiger partial charge in [-0.1, -0.05) is 68.7 Å². The van der Waals surface area contributed by atoms with Crippen molar-refractivity contribution < 1.29 is 24.9 Å². The Kier molecular flexibility index (Phi) is 8.84. The quantitative estimate of drug-likeness (QED) is 0.202. The van der Waals surface area contributed by atoms with Gasteiger partial charge in [-0.25, -0.2) is 0 Å². The molecule has 0 spiro atoms. The van der Waals surface area contributed by atoms with Crippen LogP contribution in [0.25, 0.3) is 0 Å². The van der Waals surface area contributed by atoms with Gasteiger partial charge in [0.15, 0.2) is 11.5 Å². The highest BCUT2D eigenvalue weighted by atomic mass is 16.3. The summed E-state index contributed by atoms with van der Waals surface area (Å²) in [6, 6.07) is 0. The minimum Gasteiger partial charge on any atom is -0.505 e. The first-order valence-electron chi connectivity index (χ1n) is 13.3. The molecule has 0 aromatic heterocycles. The molecule has 3 rings (SSSR count). The van der Waals surface area contributed by atoms with Crippen LogP contribution in [0.2, 0.25) is 0 Å². The van der Waals surface area contributed by atoms with E-state index in [0.717, 1.165) is 25.7 Å². The number of allylic oxidation sites excluding steroid dienone is 5. The second kappa shape index (κ2) is 11.3. The van der Waals surface area contributed by atoms with Gasteiger partial charge >= 0.3 is 0 Å². The lowest BCUT2D eigenvalue weighted by Gasteiger charge is -2.51. The fourth-order valence-corrected chi connectivity index (χ4v) is 6.51.